The molecular weight excluding hydrogens is 426 g/mol. The molecule has 3 aromatic rings. The van der Waals surface area contributed by atoms with E-state index in [2.05, 4.69) is 15.2 Å². The van der Waals surface area contributed by atoms with E-state index >= 15 is 0 Å². The minimum absolute atomic E-state index is 0.00801. The number of pyridine rings is 1. The molecule has 2 aliphatic heterocycles. The molecule has 2 aromatic heterocycles. The predicted molar refractivity (Wildman–Crippen MR) is 105 cm³/mol. The Labute approximate surface area is 180 Å². The molecule has 0 aliphatic carbocycles. The summed E-state index contributed by atoms with van der Waals surface area (Å²) in [4.78, 5) is 20.6. The van der Waals surface area contributed by atoms with Crippen molar-refractivity contribution in [2.75, 3.05) is 0 Å². The summed E-state index contributed by atoms with van der Waals surface area (Å²) in [5.41, 5.74) is 0.368. The van der Waals surface area contributed by atoms with Gasteiger partial charge in [-0.15, -0.1) is 0 Å². The number of amides is 1. The van der Waals surface area contributed by atoms with E-state index in [-0.39, 0.29) is 29.5 Å². The first-order valence-electron chi connectivity index (χ1n) is 10.3. The molecule has 0 radical (unpaired) electrons. The first kappa shape index (κ1) is 20.6. The standard InChI is InChI=1S/C22H19F4N5O/c23-15-2-5-20(31-28-7-8-29-31)18(11-15)21(32)30-17-4-6-19(30)13(10-17)9-16-3-1-14(12-27-16)22(24,25)26/h1-3,5,7-8,11-13,17,19H,4,6,9-10H2. The minimum atomic E-state index is -4.42. The van der Waals surface area contributed by atoms with Crippen molar-refractivity contribution in [2.45, 2.75) is 43.9 Å². The number of halogens is 4. The Morgan fingerprint density at radius 3 is 2.56 bits per heavy atom. The van der Waals surface area contributed by atoms with Crippen LogP contribution in [0.15, 0.2) is 48.9 Å². The molecule has 3 atom stereocenters. The molecule has 10 heteroatoms. The van der Waals surface area contributed by atoms with E-state index in [1.807, 2.05) is 0 Å². The summed E-state index contributed by atoms with van der Waals surface area (Å²) in [5.74, 6) is -0.727. The number of carbonyl (C=O) groups excluding carboxylic acids is 1. The lowest BCUT2D eigenvalue weighted by atomic mass is 9.86. The third-order valence-electron chi connectivity index (χ3n) is 6.35. The maximum Gasteiger partial charge on any atom is 0.417 e. The van der Waals surface area contributed by atoms with Gasteiger partial charge in [0.1, 0.15) is 5.82 Å². The topological polar surface area (TPSA) is 63.9 Å². The summed E-state index contributed by atoms with van der Waals surface area (Å²) < 4.78 is 52.4. The summed E-state index contributed by atoms with van der Waals surface area (Å²) in [7, 11) is 0. The molecule has 0 saturated carbocycles. The van der Waals surface area contributed by atoms with E-state index < -0.39 is 17.6 Å². The van der Waals surface area contributed by atoms with Crippen LogP contribution in [0.2, 0.25) is 0 Å². The van der Waals surface area contributed by atoms with Crippen LogP contribution in [-0.4, -0.2) is 42.9 Å². The van der Waals surface area contributed by atoms with Crippen molar-refractivity contribution in [3.8, 4) is 5.69 Å². The van der Waals surface area contributed by atoms with Crippen molar-refractivity contribution in [2.24, 2.45) is 5.92 Å². The van der Waals surface area contributed by atoms with Crippen LogP contribution in [0.25, 0.3) is 5.69 Å². The monoisotopic (exact) mass is 445 g/mol. The lowest BCUT2D eigenvalue weighted by molar-refractivity contribution is -0.137. The lowest BCUT2D eigenvalue weighted by Crippen LogP contribution is -2.37. The molecule has 4 heterocycles. The number of hydrogen-bond donors (Lipinski definition) is 0. The van der Waals surface area contributed by atoms with Gasteiger partial charge < -0.3 is 4.90 Å². The number of alkyl halides is 3. The lowest BCUT2D eigenvalue weighted by Gasteiger charge is -2.25. The van der Waals surface area contributed by atoms with Gasteiger partial charge in [-0.1, -0.05) is 0 Å². The zero-order valence-corrected chi connectivity index (χ0v) is 16.8. The van der Waals surface area contributed by atoms with E-state index in [4.69, 9.17) is 0 Å². The van der Waals surface area contributed by atoms with Crippen LogP contribution in [0.5, 0.6) is 0 Å². The Morgan fingerprint density at radius 1 is 1.09 bits per heavy atom. The molecule has 0 spiro atoms. The number of nitrogens with zero attached hydrogens (tertiary/aromatic N) is 5. The fraction of sp³-hybridized carbons (Fsp3) is 0.364. The Kier molecular flexibility index (Phi) is 4.94. The number of fused-ring (bicyclic) bond motifs is 2. The van der Waals surface area contributed by atoms with E-state index in [9.17, 15) is 22.4 Å². The molecule has 32 heavy (non-hydrogen) atoms. The van der Waals surface area contributed by atoms with Crippen LogP contribution in [0.1, 0.15) is 40.9 Å². The Bertz CT molecular complexity index is 1130. The van der Waals surface area contributed by atoms with Crippen molar-refractivity contribution in [3.05, 3.63) is 71.6 Å². The van der Waals surface area contributed by atoms with Gasteiger partial charge in [0, 0.05) is 24.0 Å². The zero-order chi connectivity index (χ0) is 22.5. The second kappa shape index (κ2) is 7.68. The number of rotatable bonds is 4. The maximum absolute atomic E-state index is 14.0. The van der Waals surface area contributed by atoms with Gasteiger partial charge in [0.05, 0.1) is 29.2 Å². The summed E-state index contributed by atoms with van der Waals surface area (Å²) >= 11 is 0. The first-order valence-corrected chi connectivity index (χ1v) is 10.3. The summed E-state index contributed by atoms with van der Waals surface area (Å²) in [6.45, 7) is 0. The van der Waals surface area contributed by atoms with E-state index in [0.29, 0.717) is 17.8 Å². The van der Waals surface area contributed by atoms with Crippen LogP contribution >= 0.6 is 0 Å². The molecule has 2 bridgehead atoms. The van der Waals surface area contributed by atoms with Gasteiger partial charge in [-0.25, -0.2) is 4.39 Å². The second-order valence-electron chi connectivity index (χ2n) is 8.23. The molecule has 6 nitrogen and oxygen atoms in total. The zero-order valence-electron chi connectivity index (χ0n) is 16.8. The molecule has 2 saturated heterocycles. The van der Waals surface area contributed by atoms with Gasteiger partial charge in [0.25, 0.3) is 5.91 Å². The van der Waals surface area contributed by atoms with Crippen LogP contribution in [0, 0.1) is 11.7 Å². The highest BCUT2D eigenvalue weighted by molar-refractivity contribution is 5.98. The summed E-state index contributed by atoms with van der Waals surface area (Å²) in [6, 6.07) is 6.30. The second-order valence-corrected chi connectivity index (χ2v) is 8.23. The highest BCUT2D eigenvalue weighted by atomic mass is 19.4. The molecule has 1 aromatic carbocycles. The van der Waals surface area contributed by atoms with Gasteiger partial charge in [0.15, 0.2) is 0 Å². The molecule has 3 unspecified atom stereocenters. The third-order valence-corrected chi connectivity index (χ3v) is 6.35. The van der Waals surface area contributed by atoms with Crippen molar-refractivity contribution in [3.63, 3.8) is 0 Å². The summed E-state index contributed by atoms with van der Waals surface area (Å²) in [5, 5.41) is 8.12. The molecule has 1 amide bonds. The van der Waals surface area contributed by atoms with Crippen molar-refractivity contribution >= 4 is 5.91 Å². The van der Waals surface area contributed by atoms with Crippen LogP contribution in [0.3, 0.4) is 0 Å². The van der Waals surface area contributed by atoms with Gasteiger partial charge in [-0.2, -0.15) is 28.2 Å². The highest BCUT2D eigenvalue weighted by Gasteiger charge is 2.49. The van der Waals surface area contributed by atoms with E-state index in [1.54, 1.807) is 4.90 Å². The molecule has 2 aliphatic rings. The molecule has 0 N–H and O–H groups in total. The predicted octanol–water partition coefficient (Wildman–Crippen LogP) is 4.06. The average Bonchev–Trinajstić information content (AvgIpc) is 3.49. The fourth-order valence-corrected chi connectivity index (χ4v) is 4.96. The fourth-order valence-electron chi connectivity index (χ4n) is 4.96. The first-order chi connectivity index (χ1) is 15.3. The Hall–Kier alpha value is -3.30. The van der Waals surface area contributed by atoms with Crippen molar-refractivity contribution < 1.29 is 22.4 Å². The van der Waals surface area contributed by atoms with Crippen LogP contribution in [-0.2, 0) is 12.6 Å². The van der Waals surface area contributed by atoms with E-state index in [1.165, 1.54) is 41.5 Å². The highest BCUT2D eigenvalue weighted by Crippen LogP contribution is 2.44. The van der Waals surface area contributed by atoms with E-state index in [0.717, 1.165) is 31.5 Å². The van der Waals surface area contributed by atoms with Crippen LogP contribution in [0.4, 0.5) is 17.6 Å². The molecular formula is C22H19F4N5O. The molecule has 5 rings (SSSR count). The number of hydrogen-bond acceptors (Lipinski definition) is 4. The van der Waals surface area contributed by atoms with Crippen LogP contribution < -0.4 is 0 Å². The van der Waals surface area contributed by atoms with Gasteiger partial charge in [0.2, 0.25) is 0 Å². The Morgan fingerprint density at radius 2 is 1.88 bits per heavy atom. The van der Waals surface area contributed by atoms with Gasteiger partial charge in [-0.05, 0) is 61.9 Å². The Balaban J connectivity index is 1.38. The van der Waals surface area contributed by atoms with Gasteiger partial charge in [-0.3, -0.25) is 9.78 Å². The quantitative estimate of drug-likeness (QED) is 0.569. The average molecular weight is 445 g/mol. The van der Waals surface area contributed by atoms with Crippen molar-refractivity contribution in [1.29, 1.82) is 0 Å². The smallest absolute Gasteiger partial charge is 0.332 e. The SMILES string of the molecule is O=C(c1cc(F)ccc1-n1nccn1)N1C2CCC1C(Cc1ccc(C(F)(F)F)cn1)C2. The summed E-state index contributed by atoms with van der Waals surface area (Å²) in [6.07, 6.45) is 2.25. The largest absolute Gasteiger partial charge is 0.417 e. The maximum atomic E-state index is 14.0. The molecule has 2 fully saturated rings. The number of carbonyl (C=O) groups is 1. The van der Waals surface area contributed by atoms with Gasteiger partial charge >= 0.3 is 6.18 Å². The molecule has 166 valence electrons. The van der Waals surface area contributed by atoms with Crippen molar-refractivity contribution in [1.82, 2.24) is 24.9 Å². The number of benzene rings is 1. The third kappa shape index (κ3) is 3.63. The minimum Gasteiger partial charge on any atom is -0.332 e. The number of aromatic nitrogens is 4. The normalized spacial score (nSPS) is 22.5.